The Morgan fingerprint density at radius 3 is 2.48 bits per heavy atom. The predicted octanol–water partition coefficient (Wildman–Crippen LogP) is 4.02. The molecule has 0 bridgehead atoms. The molecule has 1 amide bonds. The van der Waals surface area contributed by atoms with Crippen LogP contribution in [0.5, 0.6) is 0 Å². The third-order valence-corrected chi connectivity index (χ3v) is 3.00. The molecule has 3 nitrogen and oxygen atoms in total. The van der Waals surface area contributed by atoms with E-state index in [0.29, 0.717) is 16.3 Å². The van der Waals surface area contributed by atoms with Crippen LogP contribution in [0.3, 0.4) is 0 Å². The lowest BCUT2D eigenvalue weighted by atomic mass is 10.1. The smallest absolute Gasteiger partial charge is 0.266 e. The number of halogens is 2. The molecule has 2 rings (SSSR count). The largest absolute Gasteiger partial charge is 0.320 e. The number of benzene rings is 2. The highest BCUT2D eigenvalue weighted by molar-refractivity contribution is 6.34. The van der Waals surface area contributed by atoms with Gasteiger partial charge < -0.3 is 5.32 Å². The molecule has 2 aromatic rings. The molecule has 0 saturated heterocycles. The van der Waals surface area contributed by atoms with Crippen molar-refractivity contribution in [3.8, 4) is 6.07 Å². The van der Waals surface area contributed by atoms with Crippen molar-refractivity contribution in [1.82, 2.24) is 0 Å². The second-order valence-corrected chi connectivity index (χ2v) is 4.56. The zero-order chi connectivity index (χ0) is 15.2. The average Bonchev–Trinajstić information content (AvgIpc) is 2.49. The molecule has 21 heavy (non-hydrogen) atoms. The van der Waals surface area contributed by atoms with Crippen LogP contribution < -0.4 is 5.32 Å². The molecule has 0 fully saturated rings. The first kappa shape index (κ1) is 14.8. The summed E-state index contributed by atoms with van der Waals surface area (Å²) in [5.74, 6) is -0.957. The summed E-state index contributed by atoms with van der Waals surface area (Å²) < 4.78 is 12.8. The lowest BCUT2D eigenvalue weighted by Gasteiger charge is -2.06. The van der Waals surface area contributed by atoms with Gasteiger partial charge in [0, 0.05) is 0 Å². The summed E-state index contributed by atoms with van der Waals surface area (Å²) in [5.41, 5.74) is 0.883. The van der Waals surface area contributed by atoms with Gasteiger partial charge in [-0.1, -0.05) is 35.9 Å². The summed E-state index contributed by atoms with van der Waals surface area (Å²) in [4.78, 5) is 12.0. The molecule has 0 spiro atoms. The third kappa shape index (κ3) is 3.91. The van der Waals surface area contributed by atoms with Crippen molar-refractivity contribution in [3.63, 3.8) is 0 Å². The van der Waals surface area contributed by atoms with E-state index in [1.165, 1.54) is 30.3 Å². The fourth-order valence-electron chi connectivity index (χ4n) is 1.63. The number of hydrogen-bond donors (Lipinski definition) is 1. The van der Waals surface area contributed by atoms with Gasteiger partial charge in [-0.05, 0) is 35.9 Å². The quantitative estimate of drug-likeness (QED) is 0.687. The maximum absolute atomic E-state index is 12.8. The van der Waals surface area contributed by atoms with Gasteiger partial charge in [0.2, 0.25) is 0 Å². The second kappa shape index (κ2) is 6.69. The van der Waals surface area contributed by atoms with Crippen LogP contribution in [-0.4, -0.2) is 5.91 Å². The number of nitrogens with zero attached hydrogens (tertiary/aromatic N) is 1. The summed E-state index contributed by atoms with van der Waals surface area (Å²) in [5, 5.41) is 12.0. The van der Waals surface area contributed by atoms with Gasteiger partial charge in [0.05, 0.1) is 10.7 Å². The molecule has 5 heteroatoms. The van der Waals surface area contributed by atoms with Gasteiger partial charge in [0.25, 0.3) is 5.91 Å². The van der Waals surface area contributed by atoms with Crippen LogP contribution in [0.1, 0.15) is 5.56 Å². The maximum Gasteiger partial charge on any atom is 0.266 e. The first-order valence-electron chi connectivity index (χ1n) is 6.03. The van der Waals surface area contributed by atoms with Gasteiger partial charge in [0.1, 0.15) is 17.5 Å². The Balaban J connectivity index is 2.21. The van der Waals surface area contributed by atoms with Crippen LogP contribution in [0.4, 0.5) is 10.1 Å². The van der Waals surface area contributed by atoms with Crippen LogP contribution >= 0.6 is 11.6 Å². The summed E-state index contributed by atoms with van der Waals surface area (Å²) in [7, 11) is 0. The summed E-state index contributed by atoms with van der Waals surface area (Å²) in [6.45, 7) is 0. The molecule has 0 aliphatic carbocycles. The van der Waals surface area contributed by atoms with Crippen LogP contribution in [0, 0.1) is 17.1 Å². The topological polar surface area (TPSA) is 52.9 Å². The Bertz CT molecular complexity index is 733. The van der Waals surface area contributed by atoms with Gasteiger partial charge >= 0.3 is 0 Å². The Kier molecular flexibility index (Phi) is 4.70. The lowest BCUT2D eigenvalue weighted by Crippen LogP contribution is -2.13. The lowest BCUT2D eigenvalue weighted by molar-refractivity contribution is -0.112. The summed E-state index contributed by atoms with van der Waals surface area (Å²) in [6.07, 6.45) is 1.38. The zero-order valence-electron chi connectivity index (χ0n) is 10.8. The summed E-state index contributed by atoms with van der Waals surface area (Å²) in [6, 6.07) is 14.0. The van der Waals surface area contributed by atoms with E-state index in [-0.39, 0.29) is 11.4 Å². The molecular weight excluding hydrogens is 291 g/mol. The van der Waals surface area contributed by atoms with Crippen molar-refractivity contribution >= 4 is 29.3 Å². The Hall–Kier alpha value is -2.64. The first-order valence-corrected chi connectivity index (χ1v) is 6.41. The molecule has 104 valence electrons. The predicted molar refractivity (Wildman–Crippen MR) is 80.1 cm³/mol. The standard InChI is InChI=1S/C16H10ClFN2O/c17-14-3-1-2-4-15(14)20-16(21)12(10-19)9-11-5-7-13(18)8-6-11/h1-9H,(H,20,21)/b12-9+. The van der Waals surface area contributed by atoms with Crippen LogP contribution in [-0.2, 0) is 4.79 Å². The number of amides is 1. The number of carbonyl (C=O) groups excluding carboxylic acids is 1. The molecule has 0 aromatic heterocycles. The fourth-order valence-corrected chi connectivity index (χ4v) is 1.81. The van der Waals surface area contributed by atoms with Gasteiger partial charge in [-0.2, -0.15) is 5.26 Å². The van der Waals surface area contributed by atoms with E-state index in [1.807, 2.05) is 6.07 Å². The molecule has 1 N–H and O–H groups in total. The van der Waals surface area contributed by atoms with E-state index in [1.54, 1.807) is 24.3 Å². The van der Waals surface area contributed by atoms with E-state index in [4.69, 9.17) is 16.9 Å². The SMILES string of the molecule is N#C/C(=C\c1ccc(F)cc1)C(=O)Nc1ccccc1Cl. The summed E-state index contributed by atoms with van der Waals surface area (Å²) >= 11 is 5.94. The Morgan fingerprint density at radius 2 is 1.86 bits per heavy atom. The molecule has 0 radical (unpaired) electrons. The number of anilines is 1. The minimum atomic E-state index is -0.574. The number of hydrogen-bond acceptors (Lipinski definition) is 2. The number of rotatable bonds is 3. The van der Waals surface area contributed by atoms with E-state index in [9.17, 15) is 9.18 Å². The minimum absolute atomic E-state index is 0.0958. The minimum Gasteiger partial charge on any atom is -0.320 e. The Morgan fingerprint density at radius 1 is 1.19 bits per heavy atom. The molecule has 0 atom stereocenters. The number of nitrogens with one attached hydrogen (secondary N) is 1. The van der Waals surface area contributed by atoms with Crippen molar-refractivity contribution in [2.24, 2.45) is 0 Å². The van der Waals surface area contributed by atoms with E-state index in [2.05, 4.69) is 5.32 Å². The maximum atomic E-state index is 12.8. The van der Waals surface area contributed by atoms with E-state index < -0.39 is 5.91 Å². The van der Waals surface area contributed by atoms with Crippen LogP contribution in [0.15, 0.2) is 54.1 Å². The second-order valence-electron chi connectivity index (χ2n) is 4.16. The molecule has 2 aromatic carbocycles. The van der Waals surface area contributed by atoms with Crippen molar-refractivity contribution in [1.29, 1.82) is 5.26 Å². The third-order valence-electron chi connectivity index (χ3n) is 2.67. The highest BCUT2D eigenvalue weighted by Crippen LogP contribution is 2.21. The molecule has 0 unspecified atom stereocenters. The van der Waals surface area contributed by atoms with Gasteiger partial charge in [0.15, 0.2) is 0 Å². The highest BCUT2D eigenvalue weighted by Gasteiger charge is 2.11. The molecule has 0 aliphatic heterocycles. The normalized spacial score (nSPS) is 10.8. The van der Waals surface area contributed by atoms with Crippen molar-refractivity contribution in [3.05, 3.63) is 70.5 Å². The van der Waals surface area contributed by atoms with Crippen LogP contribution in [0.25, 0.3) is 6.08 Å². The van der Waals surface area contributed by atoms with Crippen molar-refractivity contribution in [2.75, 3.05) is 5.32 Å². The average molecular weight is 301 g/mol. The van der Waals surface area contributed by atoms with E-state index in [0.717, 1.165) is 0 Å². The monoisotopic (exact) mass is 300 g/mol. The van der Waals surface area contributed by atoms with Gasteiger partial charge in [-0.3, -0.25) is 4.79 Å². The van der Waals surface area contributed by atoms with E-state index >= 15 is 0 Å². The fraction of sp³-hybridized carbons (Fsp3) is 0. The molecular formula is C16H10ClFN2O. The molecule has 0 aliphatic rings. The zero-order valence-corrected chi connectivity index (χ0v) is 11.6. The number of carbonyl (C=O) groups is 1. The van der Waals surface area contributed by atoms with Gasteiger partial charge in [-0.25, -0.2) is 4.39 Å². The van der Waals surface area contributed by atoms with Crippen LogP contribution in [0.2, 0.25) is 5.02 Å². The molecule has 0 heterocycles. The highest BCUT2D eigenvalue weighted by atomic mass is 35.5. The number of para-hydroxylation sites is 1. The van der Waals surface area contributed by atoms with Crippen molar-refractivity contribution in [2.45, 2.75) is 0 Å². The molecule has 0 saturated carbocycles. The Labute approximate surface area is 126 Å². The first-order chi connectivity index (χ1) is 10.1. The van der Waals surface area contributed by atoms with Crippen molar-refractivity contribution < 1.29 is 9.18 Å². The number of nitriles is 1. The van der Waals surface area contributed by atoms with Gasteiger partial charge in [-0.15, -0.1) is 0 Å².